The van der Waals surface area contributed by atoms with Crippen molar-refractivity contribution in [1.82, 2.24) is 9.97 Å². The number of benzene rings is 1. The summed E-state index contributed by atoms with van der Waals surface area (Å²) in [4.78, 5) is 7.00. The van der Waals surface area contributed by atoms with E-state index in [1.807, 2.05) is 6.07 Å². The smallest absolute Gasteiger partial charge is 0.138 e. The van der Waals surface area contributed by atoms with Crippen molar-refractivity contribution < 1.29 is 4.39 Å². The van der Waals surface area contributed by atoms with Crippen molar-refractivity contribution in [1.29, 1.82) is 0 Å². The van der Waals surface area contributed by atoms with Crippen LogP contribution in [0.15, 0.2) is 30.5 Å². The molecule has 2 aromatic rings. The van der Waals surface area contributed by atoms with E-state index >= 15 is 0 Å². The average molecular weight is 220 g/mol. The molecule has 0 saturated carbocycles. The highest BCUT2D eigenvalue weighted by atomic mass is 32.1. The predicted molar refractivity (Wildman–Crippen MR) is 59.6 cm³/mol. The van der Waals surface area contributed by atoms with Crippen LogP contribution in [0.25, 0.3) is 11.4 Å². The van der Waals surface area contributed by atoms with Crippen molar-refractivity contribution >= 4 is 12.2 Å². The highest BCUT2D eigenvalue weighted by Gasteiger charge is 2.02. The quantitative estimate of drug-likeness (QED) is 0.747. The van der Waals surface area contributed by atoms with Gasteiger partial charge in [0.25, 0.3) is 0 Å². The molecule has 15 heavy (non-hydrogen) atoms. The molecule has 0 radical (unpaired) electrons. The van der Waals surface area contributed by atoms with Crippen LogP contribution in [0.2, 0.25) is 0 Å². The highest BCUT2D eigenvalue weighted by molar-refractivity contribution is 7.71. The molecule has 1 aromatic heterocycles. The molecule has 0 aliphatic heterocycles. The van der Waals surface area contributed by atoms with Gasteiger partial charge in [-0.1, -0.05) is 24.4 Å². The van der Waals surface area contributed by atoms with Gasteiger partial charge >= 0.3 is 0 Å². The second-order valence-corrected chi connectivity index (χ2v) is 3.69. The minimum Gasteiger partial charge on any atom is -0.331 e. The van der Waals surface area contributed by atoms with E-state index < -0.39 is 0 Å². The largest absolute Gasteiger partial charge is 0.331 e. The maximum atomic E-state index is 13.3. The second-order valence-electron chi connectivity index (χ2n) is 3.25. The van der Waals surface area contributed by atoms with Gasteiger partial charge in [0.15, 0.2) is 0 Å². The van der Waals surface area contributed by atoms with Crippen LogP contribution >= 0.6 is 12.2 Å². The molecular formula is C11H9FN2S. The van der Waals surface area contributed by atoms with E-state index in [2.05, 4.69) is 9.97 Å². The molecule has 0 atom stereocenters. The van der Waals surface area contributed by atoms with Crippen LogP contribution in [-0.4, -0.2) is 9.97 Å². The standard InChI is InChI=1S/C11H9FN2S/c1-7-2-3-8(6-9(7)12)11-13-5-4-10(15)14-11/h2-6H,1H3,(H,13,14,15). The molecule has 1 heterocycles. The van der Waals surface area contributed by atoms with Crippen LogP contribution in [0.5, 0.6) is 0 Å². The zero-order valence-corrected chi connectivity index (χ0v) is 8.94. The van der Waals surface area contributed by atoms with Gasteiger partial charge in [0.1, 0.15) is 16.3 Å². The van der Waals surface area contributed by atoms with Crippen LogP contribution in [0, 0.1) is 17.4 Å². The number of H-pyrrole nitrogens is 1. The third-order valence-corrected chi connectivity index (χ3v) is 2.35. The fraction of sp³-hybridized carbons (Fsp3) is 0.0909. The SMILES string of the molecule is Cc1ccc(-c2nccc(=S)[nH]2)cc1F. The molecule has 0 spiro atoms. The van der Waals surface area contributed by atoms with Crippen LogP contribution in [-0.2, 0) is 0 Å². The van der Waals surface area contributed by atoms with Crippen LogP contribution < -0.4 is 0 Å². The van der Waals surface area contributed by atoms with Gasteiger partial charge in [-0.2, -0.15) is 0 Å². The second kappa shape index (κ2) is 3.90. The first-order valence-corrected chi connectivity index (χ1v) is 4.89. The van der Waals surface area contributed by atoms with Crippen molar-refractivity contribution in [3.05, 3.63) is 46.5 Å². The zero-order chi connectivity index (χ0) is 10.8. The lowest BCUT2D eigenvalue weighted by Crippen LogP contribution is -1.90. The third-order valence-electron chi connectivity index (χ3n) is 2.12. The van der Waals surface area contributed by atoms with Crippen molar-refractivity contribution in [2.75, 3.05) is 0 Å². The summed E-state index contributed by atoms with van der Waals surface area (Å²) >= 11 is 4.97. The molecule has 2 rings (SSSR count). The van der Waals surface area contributed by atoms with Gasteiger partial charge in [-0.3, -0.25) is 0 Å². The van der Waals surface area contributed by atoms with Gasteiger partial charge in [-0.05, 0) is 24.6 Å². The summed E-state index contributed by atoms with van der Waals surface area (Å²) in [6.45, 7) is 1.72. The molecule has 0 bridgehead atoms. The Kier molecular flexibility index (Phi) is 2.60. The molecule has 1 N–H and O–H groups in total. The van der Waals surface area contributed by atoms with Gasteiger partial charge in [0.05, 0.1) is 0 Å². The predicted octanol–water partition coefficient (Wildman–Crippen LogP) is 3.25. The summed E-state index contributed by atoms with van der Waals surface area (Å²) in [5.74, 6) is 0.346. The summed E-state index contributed by atoms with van der Waals surface area (Å²) in [6.07, 6.45) is 1.60. The minimum absolute atomic E-state index is 0.238. The third kappa shape index (κ3) is 2.10. The monoisotopic (exact) mass is 220 g/mol. The van der Waals surface area contributed by atoms with E-state index in [0.29, 0.717) is 21.6 Å². The van der Waals surface area contributed by atoms with E-state index in [-0.39, 0.29) is 5.82 Å². The molecule has 0 amide bonds. The first-order valence-electron chi connectivity index (χ1n) is 4.48. The van der Waals surface area contributed by atoms with Gasteiger partial charge < -0.3 is 4.98 Å². The fourth-order valence-electron chi connectivity index (χ4n) is 1.26. The Hall–Kier alpha value is -1.55. The first kappa shape index (κ1) is 9.98. The van der Waals surface area contributed by atoms with E-state index in [0.717, 1.165) is 0 Å². The molecule has 4 heteroatoms. The lowest BCUT2D eigenvalue weighted by atomic mass is 10.1. The Morgan fingerprint density at radius 3 is 2.80 bits per heavy atom. The summed E-state index contributed by atoms with van der Waals surface area (Å²) < 4.78 is 13.9. The van der Waals surface area contributed by atoms with E-state index in [9.17, 15) is 4.39 Å². The summed E-state index contributed by atoms with van der Waals surface area (Å²) in [5.41, 5.74) is 1.32. The zero-order valence-electron chi connectivity index (χ0n) is 8.12. The average Bonchev–Trinajstić information content (AvgIpc) is 2.22. The number of aryl methyl sites for hydroxylation is 1. The van der Waals surface area contributed by atoms with Gasteiger partial charge in [-0.15, -0.1) is 0 Å². The maximum Gasteiger partial charge on any atom is 0.138 e. The number of nitrogens with zero attached hydrogens (tertiary/aromatic N) is 1. The highest BCUT2D eigenvalue weighted by Crippen LogP contribution is 2.17. The van der Waals surface area contributed by atoms with Crippen molar-refractivity contribution in [2.24, 2.45) is 0 Å². The van der Waals surface area contributed by atoms with E-state index in [1.165, 1.54) is 6.07 Å². The van der Waals surface area contributed by atoms with Gasteiger partial charge in [0.2, 0.25) is 0 Å². The molecule has 1 aromatic carbocycles. The number of nitrogens with one attached hydrogen (secondary N) is 1. The Bertz CT molecular complexity index is 548. The first-order chi connectivity index (χ1) is 7.16. The molecular weight excluding hydrogens is 211 g/mol. The van der Waals surface area contributed by atoms with Crippen molar-refractivity contribution in [3.63, 3.8) is 0 Å². The van der Waals surface area contributed by atoms with E-state index in [4.69, 9.17) is 12.2 Å². The van der Waals surface area contributed by atoms with Crippen LogP contribution in [0.4, 0.5) is 4.39 Å². The molecule has 0 saturated heterocycles. The summed E-state index contributed by atoms with van der Waals surface area (Å²) in [6, 6.07) is 6.66. The van der Waals surface area contributed by atoms with Gasteiger partial charge in [0, 0.05) is 11.8 Å². The Labute approximate surface area is 91.8 Å². The normalized spacial score (nSPS) is 10.3. The van der Waals surface area contributed by atoms with Gasteiger partial charge in [-0.25, -0.2) is 9.37 Å². The van der Waals surface area contributed by atoms with Crippen LogP contribution in [0.1, 0.15) is 5.56 Å². The van der Waals surface area contributed by atoms with Crippen molar-refractivity contribution in [2.45, 2.75) is 6.92 Å². The molecule has 0 unspecified atom stereocenters. The number of aromatic amines is 1. The number of aromatic nitrogens is 2. The number of halogens is 1. The lowest BCUT2D eigenvalue weighted by Gasteiger charge is -2.02. The van der Waals surface area contributed by atoms with Crippen LogP contribution in [0.3, 0.4) is 0 Å². The maximum absolute atomic E-state index is 13.3. The summed E-state index contributed by atoms with van der Waals surface area (Å²) in [7, 11) is 0. The molecule has 2 nitrogen and oxygen atoms in total. The number of hydrogen-bond donors (Lipinski definition) is 1. The topological polar surface area (TPSA) is 28.7 Å². The molecule has 0 fully saturated rings. The Morgan fingerprint density at radius 1 is 1.33 bits per heavy atom. The molecule has 76 valence electrons. The molecule has 0 aliphatic rings. The summed E-state index contributed by atoms with van der Waals surface area (Å²) in [5, 5.41) is 0. The lowest BCUT2D eigenvalue weighted by molar-refractivity contribution is 0.619. The Morgan fingerprint density at radius 2 is 2.13 bits per heavy atom. The Balaban J connectivity index is 2.55. The minimum atomic E-state index is -0.238. The van der Waals surface area contributed by atoms with Crippen molar-refractivity contribution in [3.8, 4) is 11.4 Å². The fourth-order valence-corrected chi connectivity index (χ4v) is 1.41. The number of hydrogen-bond acceptors (Lipinski definition) is 2. The molecule has 0 aliphatic carbocycles. The van der Waals surface area contributed by atoms with E-state index in [1.54, 1.807) is 25.3 Å². The number of rotatable bonds is 1.